The molecule has 3 atom stereocenters. The molecule has 0 heterocycles. The van der Waals surface area contributed by atoms with Gasteiger partial charge >= 0.3 is 6.09 Å². The van der Waals surface area contributed by atoms with E-state index in [-0.39, 0.29) is 23.6 Å². The Morgan fingerprint density at radius 1 is 1.29 bits per heavy atom. The molecule has 4 heteroatoms. The normalized spacial score (nSPS) is 26.3. The van der Waals surface area contributed by atoms with Gasteiger partial charge in [-0.2, -0.15) is 0 Å². The number of hydrogen-bond acceptors (Lipinski definition) is 3. The van der Waals surface area contributed by atoms with Gasteiger partial charge in [-0.3, -0.25) is 0 Å². The fourth-order valence-electron chi connectivity index (χ4n) is 2.02. The van der Waals surface area contributed by atoms with E-state index >= 15 is 0 Å². The van der Waals surface area contributed by atoms with Crippen LogP contribution in [0.3, 0.4) is 0 Å². The van der Waals surface area contributed by atoms with Crippen LogP contribution in [-0.2, 0) is 4.74 Å². The molecule has 1 aliphatic carbocycles. The number of hydrogen-bond donors (Lipinski definition) is 2. The predicted octanol–water partition coefficient (Wildman–Crippen LogP) is 2.27. The van der Waals surface area contributed by atoms with Crippen LogP contribution in [0.2, 0.25) is 0 Å². The molecule has 0 aliphatic heterocycles. The molecular weight excluding hydrogens is 216 g/mol. The van der Waals surface area contributed by atoms with Crippen LogP contribution in [0.5, 0.6) is 0 Å². The average Bonchev–Trinajstić information content (AvgIpc) is 2.72. The summed E-state index contributed by atoms with van der Waals surface area (Å²) in [5, 5.41) is 2.96. The summed E-state index contributed by atoms with van der Waals surface area (Å²) in [6.07, 6.45) is 0.633. The van der Waals surface area contributed by atoms with Crippen LogP contribution < -0.4 is 11.1 Å². The summed E-state index contributed by atoms with van der Waals surface area (Å²) in [5.41, 5.74) is 5.41. The first-order chi connectivity index (χ1) is 7.50. The maximum absolute atomic E-state index is 11.8. The Morgan fingerprint density at radius 3 is 2.06 bits per heavy atom. The smallest absolute Gasteiger partial charge is 0.407 e. The number of ether oxygens (including phenoxy) is 1. The first-order valence-corrected chi connectivity index (χ1v) is 6.26. The molecule has 1 aliphatic rings. The van der Waals surface area contributed by atoms with Crippen molar-refractivity contribution in [3.8, 4) is 0 Å². The van der Waals surface area contributed by atoms with Crippen LogP contribution in [0.25, 0.3) is 0 Å². The largest absolute Gasteiger partial charge is 0.444 e. The van der Waals surface area contributed by atoms with Crippen LogP contribution in [0.1, 0.15) is 48.0 Å². The Morgan fingerprint density at radius 2 is 1.76 bits per heavy atom. The standard InChI is InChI=1S/C13H26N2O2/c1-12(2,3)10(8-7-9(8)14)15-11(16)17-13(4,5)6/h8-10H,7,14H2,1-6H3,(H,15,16). The second-order valence-corrected chi connectivity index (χ2v) is 7.05. The van der Waals surface area contributed by atoms with Crippen LogP contribution >= 0.6 is 0 Å². The van der Waals surface area contributed by atoms with E-state index in [0.29, 0.717) is 5.92 Å². The molecule has 0 aromatic carbocycles. The lowest BCUT2D eigenvalue weighted by Crippen LogP contribution is -2.48. The van der Waals surface area contributed by atoms with Gasteiger partial charge in [0.25, 0.3) is 0 Å². The first-order valence-electron chi connectivity index (χ1n) is 6.26. The van der Waals surface area contributed by atoms with Gasteiger partial charge in [-0.1, -0.05) is 20.8 Å². The summed E-state index contributed by atoms with van der Waals surface area (Å²) < 4.78 is 5.29. The topological polar surface area (TPSA) is 64.3 Å². The van der Waals surface area contributed by atoms with Gasteiger partial charge in [-0.25, -0.2) is 4.79 Å². The first kappa shape index (κ1) is 14.3. The van der Waals surface area contributed by atoms with Crippen LogP contribution in [-0.4, -0.2) is 23.8 Å². The molecule has 1 fully saturated rings. The maximum Gasteiger partial charge on any atom is 0.407 e. The molecule has 0 saturated heterocycles. The van der Waals surface area contributed by atoms with Gasteiger partial charge in [0.2, 0.25) is 0 Å². The van der Waals surface area contributed by atoms with Gasteiger partial charge in [-0.05, 0) is 38.5 Å². The number of nitrogens with two attached hydrogens (primary N) is 1. The van der Waals surface area contributed by atoms with Crippen molar-refractivity contribution in [2.75, 3.05) is 0 Å². The molecule has 3 N–H and O–H groups in total. The highest BCUT2D eigenvalue weighted by molar-refractivity contribution is 5.68. The van der Waals surface area contributed by atoms with Gasteiger partial charge < -0.3 is 15.8 Å². The number of rotatable bonds is 2. The lowest BCUT2D eigenvalue weighted by atomic mass is 9.83. The summed E-state index contributed by atoms with van der Waals surface area (Å²) in [7, 11) is 0. The second-order valence-electron chi connectivity index (χ2n) is 7.05. The van der Waals surface area contributed by atoms with Crippen molar-refractivity contribution in [3.05, 3.63) is 0 Å². The maximum atomic E-state index is 11.8. The molecule has 1 amide bonds. The van der Waals surface area contributed by atoms with Gasteiger partial charge in [0.15, 0.2) is 0 Å². The van der Waals surface area contributed by atoms with E-state index in [1.807, 2.05) is 20.8 Å². The third-order valence-corrected chi connectivity index (χ3v) is 2.92. The Kier molecular flexibility index (Phi) is 3.77. The van der Waals surface area contributed by atoms with E-state index in [1.165, 1.54) is 0 Å². The third kappa shape index (κ3) is 4.54. The molecular formula is C13H26N2O2. The van der Waals surface area contributed by atoms with E-state index in [0.717, 1.165) is 6.42 Å². The highest BCUT2D eigenvalue weighted by atomic mass is 16.6. The Bertz CT molecular complexity index is 289. The monoisotopic (exact) mass is 242 g/mol. The lowest BCUT2D eigenvalue weighted by Gasteiger charge is -2.32. The summed E-state index contributed by atoms with van der Waals surface area (Å²) in [6, 6.07) is 0.293. The zero-order chi connectivity index (χ0) is 13.4. The SMILES string of the molecule is CC(C)(C)OC(=O)NC(C1CC1N)C(C)(C)C. The molecule has 100 valence electrons. The van der Waals surface area contributed by atoms with Crippen LogP contribution in [0.15, 0.2) is 0 Å². The number of nitrogens with one attached hydrogen (secondary N) is 1. The highest BCUT2D eigenvalue weighted by Gasteiger charge is 2.46. The zero-order valence-corrected chi connectivity index (χ0v) is 11.8. The van der Waals surface area contributed by atoms with Crippen molar-refractivity contribution in [1.29, 1.82) is 0 Å². The quantitative estimate of drug-likeness (QED) is 0.780. The Labute approximate surface area is 104 Å². The fourth-order valence-corrected chi connectivity index (χ4v) is 2.02. The number of carbonyl (C=O) groups is 1. The van der Waals surface area contributed by atoms with Crippen LogP contribution in [0.4, 0.5) is 4.79 Å². The van der Waals surface area contributed by atoms with Gasteiger partial charge in [-0.15, -0.1) is 0 Å². The summed E-state index contributed by atoms with van der Waals surface area (Å²) >= 11 is 0. The van der Waals surface area contributed by atoms with Crippen molar-refractivity contribution in [2.24, 2.45) is 17.1 Å². The van der Waals surface area contributed by atoms with Crippen molar-refractivity contribution in [1.82, 2.24) is 5.32 Å². The molecule has 0 spiro atoms. The Balaban J connectivity index is 2.59. The highest BCUT2D eigenvalue weighted by Crippen LogP contribution is 2.39. The average molecular weight is 242 g/mol. The number of carbonyl (C=O) groups excluding carboxylic acids is 1. The lowest BCUT2D eigenvalue weighted by molar-refractivity contribution is 0.0450. The summed E-state index contributed by atoms with van der Waals surface area (Å²) in [6.45, 7) is 11.9. The number of alkyl carbamates (subject to hydrolysis) is 1. The predicted molar refractivity (Wildman–Crippen MR) is 68.7 cm³/mol. The Hall–Kier alpha value is -0.770. The number of amides is 1. The molecule has 1 rings (SSSR count). The zero-order valence-electron chi connectivity index (χ0n) is 11.8. The minimum atomic E-state index is -0.460. The van der Waals surface area contributed by atoms with E-state index in [4.69, 9.17) is 10.5 Å². The van der Waals surface area contributed by atoms with Gasteiger partial charge in [0.1, 0.15) is 5.60 Å². The van der Waals surface area contributed by atoms with Gasteiger partial charge in [0, 0.05) is 12.1 Å². The molecule has 4 nitrogen and oxygen atoms in total. The molecule has 0 radical (unpaired) electrons. The van der Waals surface area contributed by atoms with Gasteiger partial charge in [0.05, 0.1) is 0 Å². The van der Waals surface area contributed by atoms with Crippen molar-refractivity contribution < 1.29 is 9.53 Å². The molecule has 17 heavy (non-hydrogen) atoms. The molecule has 1 saturated carbocycles. The molecule has 0 aromatic rings. The minimum absolute atomic E-state index is 0.00427. The molecule has 0 bridgehead atoms. The van der Waals surface area contributed by atoms with Crippen molar-refractivity contribution >= 4 is 6.09 Å². The van der Waals surface area contributed by atoms with E-state index in [2.05, 4.69) is 26.1 Å². The van der Waals surface area contributed by atoms with E-state index < -0.39 is 5.60 Å². The van der Waals surface area contributed by atoms with Crippen molar-refractivity contribution in [3.63, 3.8) is 0 Å². The summed E-state index contributed by atoms with van der Waals surface area (Å²) in [5.74, 6) is 0.377. The second kappa shape index (κ2) is 4.48. The van der Waals surface area contributed by atoms with E-state index in [9.17, 15) is 4.79 Å². The fraction of sp³-hybridized carbons (Fsp3) is 0.923. The van der Waals surface area contributed by atoms with Crippen molar-refractivity contribution in [2.45, 2.75) is 65.6 Å². The van der Waals surface area contributed by atoms with E-state index in [1.54, 1.807) is 0 Å². The summed E-state index contributed by atoms with van der Waals surface area (Å²) in [4.78, 5) is 11.8. The van der Waals surface area contributed by atoms with Crippen LogP contribution in [0, 0.1) is 11.3 Å². The molecule has 3 unspecified atom stereocenters. The minimum Gasteiger partial charge on any atom is -0.444 e. The molecule has 0 aromatic heterocycles. The third-order valence-electron chi connectivity index (χ3n) is 2.92.